The van der Waals surface area contributed by atoms with Crippen molar-refractivity contribution in [2.24, 2.45) is 0 Å². The highest BCUT2D eigenvalue weighted by Gasteiger charge is 2.55. The van der Waals surface area contributed by atoms with Gasteiger partial charge in [0.25, 0.3) is 29.4 Å². The largest absolute Gasteiger partial charge is 0.508 e. The molecule has 8 aliphatic heterocycles. The van der Waals surface area contributed by atoms with Crippen LogP contribution in [0.5, 0.6) is 28.7 Å². The summed E-state index contributed by atoms with van der Waals surface area (Å²) in [4.78, 5) is 76.0. The van der Waals surface area contributed by atoms with Crippen molar-refractivity contribution < 1.29 is 104 Å². The van der Waals surface area contributed by atoms with E-state index in [1.807, 2.05) is 96.5 Å². The molecule has 1 unspecified atom stereocenters. The van der Waals surface area contributed by atoms with E-state index in [1.165, 1.54) is 55.7 Å². The molecule has 1 atom stereocenters. The number of alkyl halides is 12. The van der Waals surface area contributed by atoms with Crippen LogP contribution in [-0.4, -0.2) is 205 Å². The minimum absolute atomic E-state index is 0. The molecule has 4 saturated heterocycles. The van der Waals surface area contributed by atoms with E-state index in [1.54, 1.807) is 96.6 Å². The highest BCUT2D eigenvalue weighted by Crippen LogP contribution is 2.51. The second-order valence-electron chi connectivity index (χ2n) is 36.8. The first-order valence-corrected chi connectivity index (χ1v) is 44.1. The molecule has 129 heavy (non-hydrogen) atoms. The van der Waals surface area contributed by atoms with Crippen LogP contribution in [0, 0.1) is 13.8 Å². The average molecular weight is 1820 g/mol. The zero-order valence-electron chi connectivity index (χ0n) is 74.7. The van der Waals surface area contributed by atoms with Crippen LogP contribution in [0.4, 0.5) is 52.7 Å². The SMILES string of the molecule is COc1cc(C(=O)N2CCC3(CC2)NC(C)Cn2c(C(F)(F)F)ccc23)ccc1OC(C)C.COc1cc(C(=O)N2CCC3(CC2)c2ccc(C(F)(F)F)n2CCN3C2CCC2)ccc1OC(C)C.Cc1cc(C(=O)N2CCC3(CC2)NC(C)(C)Cn2c(C(=O)C(F)(F)F)ccc23)ccc1O.Cc1ccc(C(=O)N2CCC3(CC2)c2ccc(C(F)(F)F)n2CCN3C)cc1.[HH].[HH]. The van der Waals surface area contributed by atoms with Crippen LogP contribution in [0.2, 0.25) is 0 Å². The number of rotatable bonds is 12. The number of hydrogen-bond donors (Lipinski definition) is 3. The van der Waals surface area contributed by atoms with E-state index in [0.717, 1.165) is 36.2 Å². The maximum Gasteiger partial charge on any atom is 0.456 e. The van der Waals surface area contributed by atoms with Crippen molar-refractivity contribution in [2.45, 2.75) is 236 Å². The summed E-state index contributed by atoms with van der Waals surface area (Å²) in [6.45, 7) is 23.2. The fourth-order valence-corrected chi connectivity index (χ4v) is 20.7. The monoisotopic (exact) mass is 1810 g/mol. The molecule has 0 radical (unpaired) electrons. The summed E-state index contributed by atoms with van der Waals surface area (Å²) in [7, 11) is 5.05. The molecule has 12 heterocycles. The number of ketones is 1. The van der Waals surface area contributed by atoms with Gasteiger partial charge in [-0.15, -0.1) is 0 Å². The topological polar surface area (TPSA) is 206 Å². The van der Waals surface area contributed by atoms with E-state index < -0.39 is 75.3 Å². The van der Waals surface area contributed by atoms with Gasteiger partial charge in [0, 0.05) is 157 Å². The number of nitrogens with one attached hydrogen (secondary N) is 2. The molecule has 34 heteroatoms. The van der Waals surface area contributed by atoms with E-state index in [2.05, 4.69) is 20.4 Å². The standard InChI is InChI=1S/C27H34F3N3O3.C24H30F3N3O3.C23H26F3N3O3.C21H24F3N3O.2H2/c1-18(2)36-21-8-7-19(17-22(21)35-3)25(34)31-13-11-26(12-14-31)23-9-10-24(27(28,29)30)32(23)15-16-33(26)20-5-4-6-20;1-15(2)33-18-6-5-17(13-19(18)32-4)22(31)29-11-9-23(10-12-29)20-7-8-21(24(25,26)27)30(20)14-16(3)28-23;1-14-12-15(4-6-17(14)30)20(32)28-10-8-22(9-11-28)18-7-5-16(19(31)23(24,25)26)29(18)13-21(2,3)27-22;1-15-3-5-16(6-4-15)19(28)26-11-9-20(10-12-26)17-7-8-18(21(22,23)24)27(17)14-13-25(20)2;;/h7-10,17-18,20H,4-6,11-16H2,1-3H3;5-8,13,15-16,28H,9-12,14H2,1-4H3;4-7,12,27,30H,8-11,13H2,1-3H3;3-8H,9-14H2,1-2H3;2*1H. The Kier molecular flexibility index (Phi) is 26.7. The van der Waals surface area contributed by atoms with Crippen molar-refractivity contribution in [1.29, 1.82) is 0 Å². The van der Waals surface area contributed by atoms with E-state index in [4.69, 9.17) is 18.9 Å². The Morgan fingerprint density at radius 1 is 0.457 bits per heavy atom. The summed E-state index contributed by atoms with van der Waals surface area (Å²) in [5.74, 6) is 0.0357. The number of aromatic hydroxyl groups is 1. The minimum Gasteiger partial charge on any atom is -0.508 e. The summed E-state index contributed by atoms with van der Waals surface area (Å²) in [5, 5.41) is 16.8. The van der Waals surface area contributed by atoms with E-state index in [9.17, 15) is 81.8 Å². The molecule has 3 N–H and O–H groups in total. The molecule has 1 saturated carbocycles. The quantitative estimate of drug-likeness (QED) is 0.0769. The Hall–Kier alpha value is -10.5. The lowest BCUT2D eigenvalue weighted by Crippen LogP contribution is -2.63. The molecular weight excluding hydrogens is 1700 g/mol. The van der Waals surface area contributed by atoms with Gasteiger partial charge in [-0.1, -0.05) is 24.1 Å². The molecule has 4 amide bonds. The van der Waals surface area contributed by atoms with Gasteiger partial charge in [-0.3, -0.25) is 39.1 Å². The molecule has 17 rings (SSSR count). The molecule has 4 aromatic carbocycles. The summed E-state index contributed by atoms with van der Waals surface area (Å²) >= 11 is 0. The number of piperidine rings is 4. The zero-order chi connectivity index (χ0) is 93.2. The number of amides is 4. The normalized spacial score (nSPS) is 20.0. The number of methoxy groups -OCH3 is 2. The van der Waals surface area contributed by atoms with Crippen LogP contribution in [0.25, 0.3) is 0 Å². The van der Waals surface area contributed by atoms with Crippen molar-refractivity contribution >= 4 is 29.4 Å². The molecule has 4 spiro atoms. The van der Waals surface area contributed by atoms with Crippen LogP contribution >= 0.6 is 0 Å². The number of likely N-dealkylation sites (N-methyl/N-ethyl adjacent to an activating group) is 1. The molecule has 22 nitrogen and oxygen atoms in total. The van der Waals surface area contributed by atoms with Gasteiger partial charge in [-0.2, -0.15) is 52.7 Å². The Balaban J connectivity index is 0.000000158. The van der Waals surface area contributed by atoms with Crippen molar-refractivity contribution in [3.8, 4) is 28.7 Å². The van der Waals surface area contributed by atoms with Gasteiger partial charge in [0.15, 0.2) is 23.0 Å². The highest BCUT2D eigenvalue weighted by molar-refractivity contribution is 5.99. The van der Waals surface area contributed by atoms with Gasteiger partial charge in [-0.25, -0.2) is 0 Å². The number of ether oxygens (including phenoxy) is 4. The first kappa shape index (κ1) is 94.7. The van der Waals surface area contributed by atoms with Crippen LogP contribution < -0.4 is 29.6 Å². The number of nitrogens with zero attached hydrogens (tertiary/aromatic N) is 10. The van der Waals surface area contributed by atoms with Crippen molar-refractivity contribution in [1.82, 2.24) is 58.3 Å². The van der Waals surface area contributed by atoms with Crippen LogP contribution in [0.3, 0.4) is 0 Å². The fraction of sp³-hybridized carbons (Fsp3) is 0.526. The predicted octanol–water partition coefficient (Wildman–Crippen LogP) is 17.9. The van der Waals surface area contributed by atoms with Gasteiger partial charge in [0.05, 0.1) is 54.3 Å². The molecule has 5 fully saturated rings. The number of Topliss-reactive ketones (excluding diaryl/α,β-unsaturated/α-hetero) is 1. The lowest BCUT2D eigenvalue weighted by molar-refractivity contribution is -0.146. The first-order valence-electron chi connectivity index (χ1n) is 44.1. The Morgan fingerprint density at radius 3 is 1.31 bits per heavy atom. The van der Waals surface area contributed by atoms with Crippen molar-refractivity contribution in [2.75, 3.05) is 86.7 Å². The van der Waals surface area contributed by atoms with Crippen LogP contribution in [0.15, 0.2) is 127 Å². The van der Waals surface area contributed by atoms with Gasteiger partial charge < -0.3 is 67.2 Å². The number of phenolic OH excluding ortho intramolecular Hbond substituents is 1. The summed E-state index contributed by atoms with van der Waals surface area (Å²) in [5.41, 5.74) is 1.84. The summed E-state index contributed by atoms with van der Waals surface area (Å²) in [6, 6.07) is 34.1. The maximum absolute atomic E-state index is 13.7. The maximum atomic E-state index is 13.7. The first-order chi connectivity index (χ1) is 60.7. The van der Waals surface area contributed by atoms with E-state index in [0.29, 0.717) is 198 Å². The van der Waals surface area contributed by atoms with Gasteiger partial charge >= 0.3 is 24.7 Å². The molecule has 4 aromatic heterocycles. The van der Waals surface area contributed by atoms with E-state index >= 15 is 0 Å². The third-order valence-corrected chi connectivity index (χ3v) is 27.2. The average Bonchev–Trinajstić information content (AvgIpc) is 1.65. The lowest BCUT2D eigenvalue weighted by Gasteiger charge is -2.56. The number of halogens is 12. The number of carbonyl (C=O) groups excluding carboxylic acids is 5. The number of likely N-dealkylation sites (tertiary alicyclic amines) is 4. The molecule has 0 bridgehead atoms. The summed E-state index contributed by atoms with van der Waals surface area (Å²) < 4.78 is 189. The van der Waals surface area contributed by atoms with Crippen molar-refractivity contribution in [3.63, 3.8) is 0 Å². The van der Waals surface area contributed by atoms with Gasteiger partial charge in [-0.05, 0) is 254 Å². The van der Waals surface area contributed by atoms with Crippen molar-refractivity contribution in [3.05, 3.63) is 206 Å². The Labute approximate surface area is 745 Å². The van der Waals surface area contributed by atoms with E-state index in [-0.39, 0.29) is 69.3 Å². The van der Waals surface area contributed by atoms with Gasteiger partial charge in [0.2, 0.25) is 0 Å². The molecule has 702 valence electrons. The number of benzene rings is 4. The Bertz CT molecular complexity index is 5430. The van der Waals surface area contributed by atoms with Crippen LogP contribution in [0.1, 0.15) is 225 Å². The summed E-state index contributed by atoms with van der Waals surface area (Å²) in [6.07, 6.45) is -10.2. The second-order valence-corrected chi connectivity index (χ2v) is 36.8. The fourth-order valence-electron chi connectivity index (χ4n) is 20.7. The third-order valence-electron chi connectivity index (χ3n) is 27.2. The number of aryl methyl sites for hydroxylation is 2. The number of aromatic nitrogens is 4. The number of phenols is 1. The number of carbonyl (C=O) groups is 5. The van der Waals surface area contributed by atoms with Gasteiger partial charge in [0.1, 0.15) is 22.8 Å². The van der Waals surface area contributed by atoms with Crippen LogP contribution in [-0.2, 0) is 66.9 Å². The smallest absolute Gasteiger partial charge is 0.456 e. The number of hydrogen-bond acceptors (Lipinski definition) is 14. The Morgan fingerprint density at radius 2 is 0.860 bits per heavy atom. The third kappa shape index (κ3) is 19.1. The minimum atomic E-state index is -4.94. The molecule has 8 aromatic rings. The highest BCUT2D eigenvalue weighted by atomic mass is 19.4. The second kappa shape index (κ2) is 36.4. The predicted molar refractivity (Wildman–Crippen MR) is 463 cm³/mol. The molecule has 1 aliphatic carbocycles. The zero-order valence-corrected chi connectivity index (χ0v) is 74.7. The molecular formula is C95H118F12N12O10. The molecule has 9 aliphatic rings. The number of fused-ring (bicyclic) bond motifs is 8. The lowest BCUT2D eigenvalue weighted by atomic mass is 9.77.